The Bertz CT molecular complexity index is 986. The van der Waals surface area contributed by atoms with Gasteiger partial charge in [-0.15, -0.1) is 0 Å². The second kappa shape index (κ2) is 8.22. The van der Waals surface area contributed by atoms with Gasteiger partial charge in [0.15, 0.2) is 0 Å². The van der Waals surface area contributed by atoms with Crippen molar-refractivity contribution in [3.63, 3.8) is 0 Å². The second-order valence-corrected chi connectivity index (χ2v) is 6.67. The highest BCUT2D eigenvalue weighted by Gasteiger charge is 2.34. The minimum Gasteiger partial charge on any atom is -0.497 e. The minimum absolute atomic E-state index is 0.221. The Hall–Kier alpha value is -3.55. The van der Waals surface area contributed by atoms with Crippen LogP contribution >= 0.6 is 0 Å². The van der Waals surface area contributed by atoms with Crippen molar-refractivity contribution in [1.82, 2.24) is 15.0 Å². The number of amides is 2. The molecule has 2 amide bonds. The summed E-state index contributed by atoms with van der Waals surface area (Å²) in [5.41, 5.74) is 1.44. The summed E-state index contributed by atoms with van der Waals surface area (Å²) in [6, 6.07) is 14.2. The molecule has 150 valence electrons. The molecule has 1 aromatic heterocycles. The van der Waals surface area contributed by atoms with Crippen LogP contribution in [0.15, 0.2) is 53.1 Å². The number of nitrogens with one attached hydrogen (secondary N) is 1. The molecule has 0 unspecified atom stereocenters. The third-order valence-electron chi connectivity index (χ3n) is 4.94. The molecule has 29 heavy (non-hydrogen) atoms. The standard InChI is InChI=1S/C21H22N4O4/c1-27-15-11-9-14(10-12-15)19-23-20(29-24-19)17-7-5-13-25(17)21(26)22-16-6-3-4-8-18(16)28-2/h3-4,6,8-12,17H,5,7,13H2,1-2H3,(H,22,26)/t17-/m0/s1. The lowest BCUT2D eigenvalue weighted by Gasteiger charge is -2.22. The first-order chi connectivity index (χ1) is 14.2. The molecule has 3 aromatic rings. The number of ether oxygens (including phenoxy) is 2. The van der Waals surface area contributed by atoms with Gasteiger partial charge in [0, 0.05) is 12.1 Å². The lowest BCUT2D eigenvalue weighted by atomic mass is 10.2. The van der Waals surface area contributed by atoms with Gasteiger partial charge in [-0.3, -0.25) is 0 Å². The van der Waals surface area contributed by atoms with Crippen molar-refractivity contribution in [2.75, 3.05) is 26.1 Å². The third kappa shape index (κ3) is 3.87. The highest BCUT2D eigenvalue weighted by molar-refractivity contribution is 5.91. The summed E-state index contributed by atoms with van der Waals surface area (Å²) in [6.45, 7) is 0.617. The first-order valence-corrected chi connectivity index (χ1v) is 9.38. The molecule has 0 radical (unpaired) electrons. The Morgan fingerprint density at radius 3 is 2.69 bits per heavy atom. The van der Waals surface area contributed by atoms with Crippen molar-refractivity contribution in [3.8, 4) is 22.9 Å². The second-order valence-electron chi connectivity index (χ2n) is 6.67. The molecule has 1 aliphatic heterocycles. The molecule has 0 aliphatic carbocycles. The summed E-state index contributed by atoms with van der Waals surface area (Å²) in [5, 5.41) is 7.00. The predicted molar refractivity (Wildman–Crippen MR) is 107 cm³/mol. The number of rotatable bonds is 5. The van der Waals surface area contributed by atoms with Crippen LogP contribution in [0.3, 0.4) is 0 Å². The molecule has 2 heterocycles. The quantitative estimate of drug-likeness (QED) is 0.700. The van der Waals surface area contributed by atoms with Crippen LogP contribution < -0.4 is 14.8 Å². The Morgan fingerprint density at radius 2 is 1.93 bits per heavy atom. The van der Waals surface area contributed by atoms with Crippen LogP contribution in [0.1, 0.15) is 24.8 Å². The lowest BCUT2D eigenvalue weighted by Crippen LogP contribution is -2.34. The number of aromatic nitrogens is 2. The highest BCUT2D eigenvalue weighted by Crippen LogP contribution is 2.33. The number of anilines is 1. The minimum atomic E-state index is -0.260. The van der Waals surface area contributed by atoms with E-state index in [-0.39, 0.29) is 12.1 Å². The van der Waals surface area contributed by atoms with E-state index in [0.717, 1.165) is 24.2 Å². The van der Waals surface area contributed by atoms with E-state index in [4.69, 9.17) is 14.0 Å². The number of likely N-dealkylation sites (tertiary alicyclic amines) is 1. The largest absolute Gasteiger partial charge is 0.497 e. The van der Waals surface area contributed by atoms with Gasteiger partial charge in [-0.25, -0.2) is 4.79 Å². The zero-order valence-corrected chi connectivity index (χ0v) is 16.3. The predicted octanol–water partition coefficient (Wildman–Crippen LogP) is 4.12. The van der Waals surface area contributed by atoms with E-state index in [9.17, 15) is 4.79 Å². The van der Waals surface area contributed by atoms with Crippen molar-refractivity contribution in [1.29, 1.82) is 0 Å². The first-order valence-electron chi connectivity index (χ1n) is 9.38. The number of hydrogen-bond donors (Lipinski definition) is 1. The monoisotopic (exact) mass is 394 g/mol. The Morgan fingerprint density at radius 1 is 1.14 bits per heavy atom. The third-order valence-corrected chi connectivity index (χ3v) is 4.94. The lowest BCUT2D eigenvalue weighted by molar-refractivity contribution is 0.193. The average molecular weight is 394 g/mol. The first kappa shape index (κ1) is 18.8. The van der Waals surface area contributed by atoms with Crippen LogP contribution in [0, 0.1) is 0 Å². The Kier molecular flexibility index (Phi) is 5.33. The number of methoxy groups -OCH3 is 2. The van der Waals surface area contributed by atoms with E-state index >= 15 is 0 Å². The molecule has 0 bridgehead atoms. The van der Waals surface area contributed by atoms with Crippen molar-refractivity contribution in [3.05, 3.63) is 54.4 Å². The van der Waals surface area contributed by atoms with Gasteiger partial charge >= 0.3 is 6.03 Å². The van der Waals surface area contributed by atoms with Gasteiger partial charge in [0.05, 0.1) is 19.9 Å². The van der Waals surface area contributed by atoms with E-state index in [1.54, 1.807) is 31.3 Å². The number of benzene rings is 2. The van der Waals surface area contributed by atoms with Gasteiger partial charge in [0.25, 0.3) is 0 Å². The molecule has 1 aliphatic rings. The van der Waals surface area contributed by atoms with Gasteiger partial charge in [-0.2, -0.15) is 4.98 Å². The molecule has 1 atom stereocenters. The van der Waals surface area contributed by atoms with E-state index in [1.807, 2.05) is 36.4 Å². The van der Waals surface area contributed by atoms with Crippen LogP contribution in [0.2, 0.25) is 0 Å². The zero-order chi connectivity index (χ0) is 20.2. The van der Waals surface area contributed by atoms with E-state index in [2.05, 4.69) is 15.5 Å². The maximum Gasteiger partial charge on any atom is 0.322 e. The molecule has 8 heteroatoms. The Balaban J connectivity index is 1.51. The summed E-state index contributed by atoms with van der Waals surface area (Å²) in [6.07, 6.45) is 1.63. The van der Waals surface area contributed by atoms with E-state index < -0.39 is 0 Å². The van der Waals surface area contributed by atoms with Crippen LogP contribution in [-0.4, -0.2) is 41.8 Å². The number of hydrogen-bond acceptors (Lipinski definition) is 6. The molecule has 4 rings (SSSR count). The van der Waals surface area contributed by atoms with E-state index in [0.29, 0.717) is 29.7 Å². The Labute approximate surface area is 168 Å². The molecule has 1 fully saturated rings. The summed E-state index contributed by atoms with van der Waals surface area (Å²) in [5.74, 6) is 2.28. The van der Waals surface area contributed by atoms with Crippen LogP contribution in [0.4, 0.5) is 10.5 Å². The van der Waals surface area contributed by atoms with Crippen molar-refractivity contribution < 1.29 is 18.8 Å². The van der Waals surface area contributed by atoms with Gasteiger partial charge in [-0.05, 0) is 49.2 Å². The smallest absolute Gasteiger partial charge is 0.322 e. The number of carbonyl (C=O) groups excluding carboxylic acids is 1. The fourth-order valence-corrected chi connectivity index (χ4v) is 3.43. The van der Waals surface area contributed by atoms with Gasteiger partial charge < -0.3 is 24.2 Å². The van der Waals surface area contributed by atoms with E-state index in [1.165, 1.54) is 0 Å². The van der Waals surface area contributed by atoms with Crippen LogP contribution in [-0.2, 0) is 0 Å². The molecular weight excluding hydrogens is 372 g/mol. The molecule has 1 N–H and O–H groups in total. The number of para-hydroxylation sites is 2. The summed E-state index contributed by atoms with van der Waals surface area (Å²) in [4.78, 5) is 19.1. The van der Waals surface area contributed by atoms with Crippen LogP contribution in [0.25, 0.3) is 11.4 Å². The van der Waals surface area contributed by atoms with Crippen molar-refractivity contribution in [2.45, 2.75) is 18.9 Å². The average Bonchev–Trinajstić information content (AvgIpc) is 3.44. The summed E-state index contributed by atoms with van der Waals surface area (Å²) < 4.78 is 16.0. The van der Waals surface area contributed by atoms with Crippen molar-refractivity contribution >= 4 is 11.7 Å². The van der Waals surface area contributed by atoms with Crippen molar-refractivity contribution in [2.24, 2.45) is 0 Å². The fraction of sp³-hybridized carbons (Fsp3) is 0.286. The van der Waals surface area contributed by atoms with Crippen LogP contribution in [0.5, 0.6) is 11.5 Å². The maximum absolute atomic E-state index is 12.9. The SMILES string of the molecule is COc1ccc(-c2noc([C@@H]3CCCN3C(=O)Nc3ccccc3OC)n2)cc1. The molecular formula is C21H22N4O4. The normalized spacial score (nSPS) is 15.9. The highest BCUT2D eigenvalue weighted by atomic mass is 16.5. The number of nitrogens with zero attached hydrogens (tertiary/aromatic N) is 3. The molecule has 1 saturated heterocycles. The van der Waals surface area contributed by atoms with Gasteiger partial charge in [0.1, 0.15) is 17.5 Å². The van der Waals surface area contributed by atoms with Gasteiger partial charge in [-0.1, -0.05) is 17.3 Å². The van der Waals surface area contributed by atoms with Gasteiger partial charge in [0.2, 0.25) is 11.7 Å². The zero-order valence-electron chi connectivity index (χ0n) is 16.3. The maximum atomic E-state index is 12.9. The summed E-state index contributed by atoms with van der Waals surface area (Å²) in [7, 11) is 3.19. The molecule has 8 nitrogen and oxygen atoms in total. The molecule has 0 saturated carbocycles. The fourth-order valence-electron chi connectivity index (χ4n) is 3.43. The summed E-state index contributed by atoms with van der Waals surface area (Å²) >= 11 is 0. The molecule has 0 spiro atoms. The number of carbonyl (C=O) groups is 1. The number of urea groups is 1. The topological polar surface area (TPSA) is 89.7 Å². The molecule has 2 aromatic carbocycles.